The van der Waals surface area contributed by atoms with E-state index < -0.39 is 0 Å². The van der Waals surface area contributed by atoms with Crippen molar-refractivity contribution in [1.82, 2.24) is 9.97 Å². The van der Waals surface area contributed by atoms with Crippen LogP contribution in [0.4, 0.5) is 0 Å². The van der Waals surface area contributed by atoms with Crippen molar-refractivity contribution < 1.29 is 0 Å². The molecule has 0 radical (unpaired) electrons. The number of nitrogens with zero attached hydrogens (tertiary/aromatic N) is 1. The van der Waals surface area contributed by atoms with Gasteiger partial charge >= 0.3 is 0 Å². The van der Waals surface area contributed by atoms with Crippen molar-refractivity contribution >= 4 is 0 Å². The highest BCUT2D eigenvalue weighted by Crippen LogP contribution is 2.32. The average Bonchev–Trinajstić information content (AvgIpc) is 2.78. The van der Waals surface area contributed by atoms with E-state index in [1.54, 1.807) is 0 Å². The van der Waals surface area contributed by atoms with Crippen LogP contribution in [0.1, 0.15) is 72.3 Å². The van der Waals surface area contributed by atoms with E-state index in [1.165, 1.54) is 5.69 Å². The van der Waals surface area contributed by atoms with Crippen molar-refractivity contribution in [2.75, 3.05) is 0 Å². The van der Waals surface area contributed by atoms with Gasteiger partial charge in [-0.15, -0.1) is 0 Å². The topological polar surface area (TPSA) is 28.7 Å². The maximum absolute atomic E-state index is 4.57. The predicted octanol–water partition coefficient (Wildman–Crippen LogP) is 4.18. The summed E-state index contributed by atoms with van der Waals surface area (Å²) in [6.07, 6.45) is 5.43. The second kappa shape index (κ2) is 4.60. The molecule has 16 heavy (non-hydrogen) atoms. The molecule has 92 valence electrons. The van der Waals surface area contributed by atoms with Gasteiger partial charge in [0.05, 0.1) is 0 Å². The Kier molecular flexibility index (Phi) is 3.82. The summed E-state index contributed by atoms with van der Waals surface area (Å²) in [7, 11) is 0. The van der Waals surface area contributed by atoms with Crippen LogP contribution in [-0.4, -0.2) is 9.97 Å². The molecule has 1 aromatic rings. The third-order valence-corrected chi connectivity index (χ3v) is 4.31. The summed E-state index contributed by atoms with van der Waals surface area (Å²) in [6.45, 7) is 13.5. The number of aromatic nitrogens is 2. The van der Waals surface area contributed by atoms with E-state index >= 15 is 0 Å². The molecule has 0 amide bonds. The first-order valence-electron chi connectivity index (χ1n) is 6.45. The number of rotatable bonds is 5. The molecule has 0 atom stereocenters. The lowest BCUT2D eigenvalue weighted by atomic mass is 9.82. The molecule has 0 spiro atoms. The van der Waals surface area contributed by atoms with Gasteiger partial charge in [0.2, 0.25) is 0 Å². The van der Waals surface area contributed by atoms with Crippen LogP contribution in [0.25, 0.3) is 0 Å². The van der Waals surface area contributed by atoms with Gasteiger partial charge in [0.25, 0.3) is 0 Å². The second-order valence-corrected chi connectivity index (χ2v) is 5.65. The first-order valence-corrected chi connectivity index (χ1v) is 6.45. The van der Waals surface area contributed by atoms with Crippen LogP contribution in [0.5, 0.6) is 0 Å². The van der Waals surface area contributed by atoms with Crippen LogP contribution < -0.4 is 0 Å². The Labute approximate surface area is 99.9 Å². The molecule has 0 aliphatic rings. The van der Waals surface area contributed by atoms with Crippen LogP contribution in [-0.2, 0) is 10.8 Å². The van der Waals surface area contributed by atoms with Crippen molar-refractivity contribution in [2.24, 2.45) is 0 Å². The third kappa shape index (κ3) is 2.31. The number of hydrogen-bond donors (Lipinski definition) is 1. The molecule has 0 aliphatic carbocycles. The van der Waals surface area contributed by atoms with Crippen molar-refractivity contribution in [3.63, 3.8) is 0 Å². The third-order valence-electron chi connectivity index (χ3n) is 4.31. The van der Waals surface area contributed by atoms with Gasteiger partial charge in [-0.2, -0.15) is 0 Å². The molecule has 1 heterocycles. The molecule has 2 heteroatoms. The molecule has 0 aromatic carbocycles. The molecular formula is C14H26N2. The number of H-pyrrole nitrogens is 1. The fraction of sp³-hybridized carbons (Fsp3) is 0.786. The second-order valence-electron chi connectivity index (χ2n) is 5.65. The van der Waals surface area contributed by atoms with E-state index in [9.17, 15) is 0 Å². The summed E-state index contributed by atoms with van der Waals surface area (Å²) >= 11 is 0. The minimum absolute atomic E-state index is 0.153. The van der Waals surface area contributed by atoms with Crippen LogP contribution in [0.15, 0.2) is 6.20 Å². The summed E-state index contributed by atoms with van der Waals surface area (Å²) in [6, 6.07) is 0. The summed E-state index contributed by atoms with van der Waals surface area (Å²) < 4.78 is 0. The molecule has 1 rings (SSSR count). The fourth-order valence-electron chi connectivity index (χ4n) is 1.77. The molecule has 0 saturated heterocycles. The molecule has 2 nitrogen and oxygen atoms in total. The maximum Gasteiger partial charge on any atom is 0.111 e. The monoisotopic (exact) mass is 222 g/mol. The van der Waals surface area contributed by atoms with Gasteiger partial charge in [0.1, 0.15) is 5.82 Å². The normalized spacial score (nSPS) is 13.1. The Hall–Kier alpha value is -0.790. The van der Waals surface area contributed by atoms with E-state index in [4.69, 9.17) is 0 Å². The molecule has 0 bridgehead atoms. The van der Waals surface area contributed by atoms with Crippen LogP contribution in [0.3, 0.4) is 0 Å². The average molecular weight is 222 g/mol. The van der Waals surface area contributed by atoms with Crippen LogP contribution in [0, 0.1) is 0 Å². The number of imidazole rings is 1. The van der Waals surface area contributed by atoms with Crippen LogP contribution in [0.2, 0.25) is 0 Å². The fourth-order valence-corrected chi connectivity index (χ4v) is 1.77. The van der Waals surface area contributed by atoms with E-state index in [-0.39, 0.29) is 10.8 Å². The number of aromatic amines is 1. The van der Waals surface area contributed by atoms with Crippen molar-refractivity contribution in [3.05, 3.63) is 17.7 Å². The van der Waals surface area contributed by atoms with E-state index in [0.717, 1.165) is 25.1 Å². The SMILES string of the molecule is CCC(C)(C)c1ncc(C(C)(CC)CC)[nH]1. The predicted molar refractivity (Wildman–Crippen MR) is 69.8 cm³/mol. The Morgan fingerprint density at radius 1 is 1.06 bits per heavy atom. The molecule has 0 aliphatic heterocycles. The lowest BCUT2D eigenvalue weighted by Crippen LogP contribution is -2.22. The van der Waals surface area contributed by atoms with Crippen molar-refractivity contribution in [1.29, 1.82) is 0 Å². The van der Waals surface area contributed by atoms with Crippen LogP contribution >= 0.6 is 0 Å². The lowest BCUT2D eigenvalue weighted by Gasteiger charge is -2.25. The lowest BCUT2D eigenvalue weighted by molar-refractivity contribution is 0.421. The standard InChI is InChI=1S/C14H26N2/c1-7-13(4,5)12-15-10-11(16-12)14(6,8-2)9-3/h10H,7-9H2,1-6H3,(H,15,16). The molecule has 1 aromatic heterocycles. The van der Waals surface area contributed by atoms with Gasteiger partial charge in [-0.3, -0.25) is 0 Å². The minimum atomic E-state index is 0.153. The van der Waals surface area contributed by atoms with E-state index in [2.05, 4.69) is 51.5 Å². The maximum atomic E-state index is 4.57. The molecule has 0 unspecified atom stereocenters. The summed E-state index contributed by atoms with van der Waals surface area (Å²) in [4.78, 5) is 8.10. The Morgan fingerprint density at radius 2 is 1.62 bits per heavy atom. The van der Waals surface area contributed by atoms with E-state index in [1.807, 2.05) is 6.20 Å². The zero-order valence-corrected chi connectivity index (χ0v) is 11.6. The zero-order chi connectivity index (χ0) is 12.4. The first-order chi connectivity index (χ1) is 7.39. The van der Waals surface area contributed by atoms with Crippen molar-refractivity contribution in [2.45, 2.75) is 71.6 Å². The molecule has 0 fully saturated rings. The Morgan fingerprint density at radius 3 is 2.06 bits per heavy atom. The highest BCUT2D eigenvalue weighted by atomic mass is 14.9. The smallest absolute Gasteiger partial charge is 0.111 e. The molecule has 0 saturated carbocycles. The Bertz CT molecular complexity index is 332. The highest BCUT2D eigenvalue weighted by molar-refractivity contribution is 5.17. The summed E-state index contributed by atoms with van der Waals surface area (Å²) in [5.74, 6) is 1.12. The molecule has 1 N–H and O–H groups in total. The zero-order valence-electron chi connectivity index (χ0n) is 11.6. The first kappa shape index (κ1) is 13.3. The van der Waals surface area contributed by atoms with Crippen molar-refractivity contribution in [3.8, 4) is 0 Å². The summed E-state index contributed by atoms with van der Waals surface area (Å²) in [5, 5.41) is 0. The van der Waals surface area contributed by atoms with Gasteiger partial charge in [0.15, 0.2) is 0 Å². The minimum Gasteiger partial charge on any atom is -0.345 e. The number of nitrogens with one attached hydrogen (secondary N) is 1. The summed E-state index contributed by atoms with van der Waals surface area (Å²) in [5.41, 5.74) is 1.68. The van der Waals surface area contributed by atoms with E-state index in [0.29, 0.717) is 0 Å². The van der Waals surface area contributed by atoms with Gasteiger partial charge in [-0.1, -0.05) is 41.5 Å². The van der Waals surface area contributed by atoms with Gasteiger partial charge in [0, 0.05) is 22.7 Å². The van der Waals surface area contributed by atoms with Gasteiger partial charge in [-0.25, -0.2) is 4.98 Å². The van der Waals surface area contributed by atoms with Gasteiger partial charge in [-0.05, 0) is 19.3 Å². The number of hydrogen-bond acceptors (Lipinski definition) is 1. The molecular weight excluding hydrogens is 196 g/mol. The highest BCUT2D eigenvalue weighted by Gasteiger charge is 2.28. The largest absolute Gasteiger partial charge is 0.345 e. The Balaban J connectivity index is 3.03. The van der Waals surface area contributed by atoms with Gasteiger partial charge < -0.3 is 4.98 Å². The quantitative estimate of drug-likeness (QED) is 0.795.